The van der Waals surface area contributed by atoms with Crippen molar-refractivity contribution in [2.45, 2.75) is 91.6 Å². The largest absolute Gasteiger partial charge is 0.377 e. The van der Waals surface area contributed by atoms with Gasteiger partial charge in [-0.25, -0.2) is 0 Å². The molecule has 202 valence electrons. The Bertz CT molecular complexity index is 1150. The third-order valence-electron chi connectivity index (χ3n) is 7.02. The molecule has 0 N–H and O–H groups in total. The van der Waals surface area contributed by atoms with Crippen LogP contribution in [0.25, 0.3) is 0 Å². The van der Waals surface area contributed by atoms with Gasteiger partial charge in [0, 0.05) is 19.0 Å². The molecule has 0 bridgehead atoms. The van der Waals surface area contributed by atoms with Crippen molar-refractivity contribution in [1.82, 2.24) is 0 Å². The molecule has 2 aromatic rings. The van der Waals surface area contributed by atoms with Gasteiger partial charge in [-0.2, -0.15) is 0 Å². The smallest absolute Gasteiger partial charge is 0.0841 e. The van der Waals surface area contributed by atoms with E-state index in [2.05, 4.69) is 75.9 Å². The molecule has 0 saturated carbocycles. The molecule has 0 saturated heterocycles. The predicted molar refractivity (Wildman–Crippen MR) is 164 cm³/mol. The van der Waals surface area contributed by atoms with Crippen LogP contribution < -0.4 is 0 Å². The van der Waals surface area contributed by atoms with Crippen LogP contribution in [-0.2, 0) is 17.8 Å². The summed E-state index contributed by atoms with van der Waals surface area (Å²) in [6.45, 7) is 11.8. The van der Waals surface area contributed by atoms with Gasteiger partial charge in [-0.05, 0) is 98.2 Å². The lowest BCUT2D eigenvalue weighted by Crippen LogP contribution is -1.98. The Morgan fingerprint density at radius 1 is 0.868 bits per heavy atom. The van der Waals surface area contributed by atoms with Crippen molar-refractivity contribution in [2.24, 2.45) is 9.98 Å². The zero-order valence-corrected chi connectivity index (χ0v) is 23.8. The monoisotopic (exact) mass is 510 g/mol. The van der Waals surface area contributed by atoms with Gasteiger partial charge in [0.2, 0.25) is 0 Å². The molecule has 1 aliphatic carbocycles. The van der Waals surface area contributed by atoms with Crippen LogP contribution in [0.1, 0.15) is 98.1 Å². The third kappa shape index (κ3) is 10.0. The predicted octanol–water partition coefficient (Wildman–Crippen LogP) is 9.40. The molecule has 3 rings (SSSR count). The second-order valence-corrected chi connectivity index (χ2v) is 10.3. The van der Waals surface area contributed by atoms with Crippen LogP contribution in [0.5, 0.6) is 0 Å². The molecule has 3 heteroatoms. The van der Waals surface area contributed by atoms with Gasteiger partial charge in [-0.1, -0.05) is 74.7 Å². The summed E-state index contributed by atoms with van der Waals surface area (Å²) in [4.78, 5) is 9.73. The lowest BCUT2D eigenvalue weighted by atomic mass is 10.0. The molecule has 1 aliphatic rings. The molecule has 0 unspecified atom stereocenters. The molecule has 3 nitrogen and oxygen atoms in total. The molecule has 0 fully saturated rings. The van der Waals surface area contributed by atoms with Gasteiger partial charge in [0.1, 0.15) is 0 Å². The van der Waals surface area contributed by atoms with E-state index in [1.54, 1.807) is 0 Å². The molecular weight excluding hydrogens is 464 g/mol. The van der Waals surface area contributed by atoms with Crippen molar-refractivity contribution in [2.75, 3.05) is 6.61 Å². The summed E-state index contributed by atoms with van der Waals surface area (Å²) in [5.74, 6) is 0. The molecule has 0 heterocycles. The summed E-state index contributed by atoms with van der Waals surface area (Å²) in [5.41, 5.74) is 9.43. The number of aryl methyl sites for hydroxylation is 3. The Hall–Kier alpha value is -3.04. The van der Waals surface area contributed by atoms with Crippen molar-refractivity contribution < 1.29 is 4.74 Å². The van der Waals surface area contributed by atoms with E-state index >= 15 is 0 Å². The lowest BCUT2D eigenvalue weighted by Gasteiger charge is -2.10. The minimum atomic E-state index is 0.670. The van der Waals surface area contributed by atoms with Crippen molar-refractivity contribution in [3.05, 3.63) is 106 Å². The number of ether oxygens (including phenoxy) is 1. The Morgan fingerprint density at radius 3 is 2.32 bits per heavy atom. The van der Waals surface area contributed by atoms with Crippen molar-refractivity contribution in [3.8, 4) is 0 Å². The van der Waals surface area contributed by atoms with E-state index in [1.807, 2.05) is 18.5 Å². The molecule has 0 aliphatic heterocycles. The van der Waals surface area contributed by atoms with Gasteiger partial charge >= 0.3 is 0 Å². The molecule has 38 heavy (non-hydrogen) atoms. The van der Waals surface area contributed by atoms with E-state index in [1.165, 1.54) is 53.5 Å². The van der Waals surface area contributed by atoms with Crippen LogP contribution >= 0.6 is 0 Å². The lowest BCUT2D eigenvalue weighted by molar-refractivity contribution is 0.118. The van der Waals surface area contributed by atoms with E-state index in [9.17, 15) is 0 Å². The fraction of sp³-hybridized carbons (Fsp3) is 0.429. The standard InChI is InChI=1S/C35H46N2O/c1-5-7-9-10-11-12-15-30-18-20-32(28(3)23-30)25-36-34-16-13-14-17-35(34)37-26-33-21-19-31(24-29(33)4)27-38-22-8-6-2/h5,13,16,18-21,23-26H,1,6-12,14-15,17,22,27H2,2-4H3. The third-order valence-corrected chi connectivity index (χ3v) is 7.02. The average Bonchev–Trinajstić information content (AvgIpc) is 2.92. The number of rotatable bonds is 16. The number of aliphatic imine (C=N–C) groups is 2. The molecular formula is C35H46N2O. The van der Waals surface area contributed by atoms with Crippen LogP contribution in [-0.4, -0.2) is 19.0 Å². The molecule has 0 radical (unpaired) electrons. The first-order valence-corrected chi connectivity index (χ1v) is 14.5. The van der Waals surface area contributed by atoms with E-state index in [4.69, 9.17) is 14.7 Å². The second-order valence-electron chi connectivity index (χ2n) is 10.3. The molecule has 0 aromatic heterocycles. The summed E-state index contributed by atoms with van der Waals surface area (Å²) in [7, 11) is 0. The molecule has 0 atom stereocenters. The van der Waals surface area contributed by atoms with Gasteiger partial charge < -0.3 is 4.74 Å². The highest BCUT2D eigenvalue weighted by molar-refractivity contribution is 5.84. The van der Waals surface area contributed by atoms with Gasteiger partial charge in [0.25, 0.3) is 0 Å². The fourth-order valence-electron chi connectivity index (χ4n) is 4.59. The molecule has 0 spiro atoms. The average molecular weight is 511 g/mol. The first kappa shape index (κ1) is 29.5. The summed E-state index contributed by atoms with van der Waals surface area (Å²) in [6, 6.07) is 13.3. The highest BCUT2D eigenvalue weighted by Crippen LogP contribution is 2.22. The maximum absolute atomic E-state index is 5.77. The summed E-state index contributed by atoms with van der Waals surface area (Å²) in [5, 5.41) is 0. The zero-order valence-electron chi connectivity index (χ0n) is 23.8. The van der Waals surface area contributed by atoms with Crippen LogP contribution in [0.15, 0.2) is 82.6 Å². The summed E-state index contributed by atoms with van der Waals surface area (Å²) in [6.07, 6.45) is 21.8. The maximum Gasteiger partial charge on any atom is 0.0841 e. The van der Waals surface area contributed by atoms with Gasteiger partial charge in [-0.15, -0.1) is 6.58 Å². The van der Waals surface area contributed by atoms with E-state index in [-0.39, 0.29) is 0 Å². The summed E-state index contributed by atoms with van der Waals surface area (Å²) >= 11 is 0. The van der Waals surface area contributed by atoms with Crippen LogP contribution in [0.2, 0.25) is 0 Å². The zero-order chi connectivity index (χ0) is 27.0. The quantitative estimate of drug-likeness (QED) is 0.126. The van der Waals surface area contributed by atoms with Crippen molar-refractivity contribution in [1.29, 1.82) is 0 Å². The first-order valence-electron chi connectivity index (χ1n) is 14.5. The minimum Gasteiger partial charge on any atom is -0.377 e. The fourth-order valence-corrected chi connectivity index (χ4v) is 4.59. The number of hydrogen-bond donors (Lipinski definition) is 0. The Labute approximate surface area is 231 Å². The molecule has 2 aromatic carbocycles. The second kappa shape index (κ2) is 16.7. The van der Waals surface area contributed by atoms with Crippen molar-refractivity contribution >= 4 is 12.4 Å². The number of unbranched alkanes of at least 4 members (excludes halogenated alkanes) is 5. The van der Waals surface area contributed by atoms with E-state index in [0.29, 0.717) is 6.61 Å². The van der Waals surface area contributed by atoms with Gasteiger partial charge in [0.05, 0.1) is 18.0 Å². The van der Waals surface area contributed by atoms with Crippen LogP contribution in [0.3, 0.4) is 0 Å². The maximum atomic E-state index is 5.77. The SMILES string of the molecule is C=CCCCCCCc1ccc(C=NC2=C(N=Cc3ccc(COCCCC)cc3C)CCC=C2)c(C)c1. The number of nitrogens with zero attached hydrogens (tertiary/aromatic N) is 2. The topological polar surface area (TPSA) is 34.0 Å². The highest BCUT2D eigenvalue weighted by Gasteiger charge is 2.07. The molecule has 0 amide bonds. The van der Waals surface area contributed by atoms with E-state index < -0.39 is 0 Å². The first-order chi connectivity index (χ1) is 18.6. The van der Waals surface area contributed by atoms with Gasteiger partial charge in [0.15, 0.2) is 0 Å². The van der Waals surface area contributed by atoms with Gasteiger partial charge in [-0.3, -0.25) is 9.98 Å². The normalized spacial score (nSPS) is 13.8. The summed E-state index contributed by atoms with van der Waals surface area (Å²) < 4.78 is 5.77. The number of benzene rings is 2. The highest BCUT2D eigenvalue weighted by atomic mass is 16.5. The van der Waals surface area contributed by atoms with Crippen molar-refractivity contribution in [3.63, 3.8) is 0 Å². The minimum absolute atomic E-state index is 0.670. The van der Waals surface area contributed by atoms with Crippen LogP contribution in [0.4, 0.5) is 0 Å². The Kier molecular flexibility index (Phi) is 13.0. The Balaban J connectivity index is 1.62. The number of allylic oxidation sites excluding steroid dienone is 4. The Morgan fingerprint density at radius 2 is 1.58 bits per heavy atom. The van der Waals surface area contributed by atoms with E-state index in [0.717, 1.165) is 62.1 Å². The van der Waals surface area contributed by atoms with Crippen LogP contribution in [0, 0.1) is 13.8 Å². The number of hydrogen-bond acceptors (Lipinski definition) is 3.